The van der Waals surface area contributed by atoms with Crippen molar-refractivity contribution in [2.45, 2.75) is 26.4 Å². The molecule has 0 aliphatic carbocycles. The van der Waals surface area contributed by atoms with E-state index in [1.165, 1.54) is 17.4 Å². The van der Waals surface area contributed by atoms with Gasteiger partial charge in [0.25, 0.3) is 0 Å². The molecule has 0 saturated carbocycles. The summed E-state index contributed by atoms with van der Waals surface area (Å²) in [5.41, 5.74) is -0.0744. The molecule has 3 heteroatoms. The Morgan fingerprint density at radius 1 is 1.56 bits per heavy atom. The van der Waals surface area contributed by atoms with Crippen LogP contribution in [0, 0.1) is 12.3 Å². The van der Waals surface area contributed by atoms with Crippen LogP contribution in [-0.2, 0) is 9.53 Å². The van der Waals surface area contributed by atoms with E-state index in [4.69, 9.17) is 11.2 Å². The van der Waals surface area contributed by atoms with Crippen molar-refractivity contribution in [1.29, 1.82) is 0 Å². The van der Waals surface area contributed by atoms with Gasteiger partial charge in [0.15, 0.2) is 0 Å². The molecule has 2 nitrogen and oxygen atoms in total. The Hall–Kier alpha value is -1.53. The first-order valence-corrected chi connectivity index (χ1v) is 5.75. The van der Waals surface area contributed by atoms with E-state index < -0.39 is 5.60 Å². The monoisotopic (exact) mass is 234 g/mol. The highest BCUT2D eigenvalue weighted by atomic mass is 32.1. The highest BCUT2D eigenvalue weighted by Crippen LogP contribution is 2.23. The Bertz CT molecular complexity index is 427. The van der Waals surface area contributed by atoms with Gasteiger partial charge < -0.3 is 4.74 Å². The predicted molar refractivity (Wildman–Crippen MR) is 67.0 cm³/mol. The summed E-state index contributed by atoms with van der Waals surface area (Å²) >= 11 is 1.46. The maximum Gasteiger partial charge on any atom is 0.340 e. The number of carbonyl (C=O) groups excluding carboxylic acids is 1. The van der Waals surface area contributed by atoms with Crippen LogP contribution >= 0.6 is 11.3 Å². The summed E-state index contributed by atoms with van der Waals surface area (Å²) in [7, 11) is 0. The Morgan fingerprint density at radius 3 is 2.69 bits per heavy atom. The van der Waals surface area contributed by atoms with Crippen LogP contribution in [0.15, 0.2) is 23.6 Å². The van der Waals surface area contributed by atoms with Gasteiger partial charge in [-0.15, -0.1) is 17.8 Å². The lowest BCUT2D eigenvalue weighted by atomic mass is 10.1. The maximum absolute atomic E-state index is 11.9. The second kappa shape index (κ2) is 5.00. The molecule has 0 unspecified atom stereocenters. The Balaban J connectivity index is 2.94. The van der Waals surface area contributed by atoms with E-state index in [0.29, 0.717) is 5.57 Å². The van der Waals surface area contributed by atoms with E-state index in [2.05, 4.69) is 5.92 Å². The molecule has 0 atom stereocenters. The lowest BCUT2D eigenvalue weighted by Gasteiger charge is -2.20. The van der Waals surface area contributed by atoms with Crippen LogP contribution in [0.5, 0.6) is 0 Å². The summed E-state index contributed by atoms with van der Waals surface area (Å²) in [4.78, 5) is 12.7. The van der Waals surface area contributed by atoms with Crippen LogP contribution in [-0.4, -0.2) is 11.6 Å². The van der Waals surface area contributed by atoms with Gasteiger partial charge in [-0.05, 0) is 32.2 Å². The van der Waals surface area contributed by atoms with Gasteiger partial charge in [0.1, 0.15) is 5.60 Å². The molecule has 0 amide bonds. The zero-order chi connectivity index (χ0) is 12.2. The topological polar surface area (TPSA) is 26.3 Å². The molecule has 0 aromatic carbocycles. The van der Waals surface area contributed by atoms with Gasteiger partial charge in [-0.25, -0.2) is 4.79 Å². The van der Waals surface area contributed by atoms with Gasteiger partial charge in [0.2, 0.25) is 0 Å². The van der Waals surface area contributed by atoms with Crippen LogP contribution in [0.2, 0.25) is 0 Å². The summed E-state index contributed by atoms with van der Waals surface area (Å²) < 4.78 is 5.28. The fraction of sp³-hybridized carbons (Fsp3) is 0.308. The van der Waals surface area contributed by atoms with Crippen LogP contribution in [0.4, 0.5) is 0 Å². The van der Waals surface area contributed by atoms with Crippen molar-refractivity contribution in [2.75, 3.05) is 0 Å². The highest BCUT2D eigenvalue weighted by molar-refractivity contribution is 7.11. The van der Waals surface area contributed by atoms with Gasteiger partial charge in [-0.2, -0.15) is 0 Å². The number of hydrogen-bond donors (Lipinski definition) is 0. The standard InChI is InChI=1S/C13H14O2S/c1-5-7-10(11-8-6-9-16-11)12(14)15-13(2,3)4/h1,6-9H,2-4H3. The number of rotatable bonds is 2. The molecule has 1 aromatic heterocycles. The normalized spacial score (nSPS) is 12.0. The molecule has 84 valence electrons. The fourth-order valence-corrected chi connectivity index (χ4v) is 1.81. The molecule has 0 bridgehead atoms. The molecule has 1 rings (SSSR count). The zero-order valence-electron chi connectivity index (χ0n) is 9.61. The summed E-state index contributed by atoms with van der Waals surface area (Å²) in [6.45, 7) is 5.48. The van der Waals surface area contributed by atoms with E-state index in [1.54, 1.807) is 0 Å². The van der Waals surface area contributed by atoms with Gasteiger partial charge in [0, 0.05) is 11.0 Å². The Kier molecular flexibility index (Phi) is 3.92. The average molecular weight is 234 g/mol. The molecule has 0 spiro atoms. The highest BCUT2D eigenvalue weighted by Gasteiger charge is 2.21. The second-order valence-corrected chi connectivity index (χ2v) is 5.15. The number of carbonyl (C=O) groups is 1. The van der Waals surface area contributed by atoms with Crippen molar-refractivity contribution >= 4 is 22.9 Å². The van der Waals surface area contributed by atoms with E-state index in [-0.39, 0.29) is 5.97 Å². The zero-order valence-corrected chi connectivity index (χ0v) is 10.4. The first kappa shape index (κ1) is 12.5. The largest absolute Gasteiger partial charge is 0.456 e. The van der Waals surface area contributed by atoms with Gasteiger partial charge in [-0.1, -0.05) is 12.0 Å². The second-order valence-electron chi connectivity index (χ2n) is 4.20. The third-order valence-corrected chi connectivity index (χ3v) is 2.54. The van der Waals surface area contributed by atoms with Crippen molar-refractivity contribution in [3.8, 4) is 12.3 Å². The molecule has 0 radical (unpaired) electrons. The molecule has 1 aromatic rings. The van der Waals surface area contributed by atoms with Crippen LogP contribution < -0.4 is 0 Å². The number of terminal acetylenes is 1. The molecular formula is C13H14O2S. The number of ether oxygens (including phenoxy) is 1. The van der Waals surface area contributed by atoms with E-state index >= 15 is 0 Å². The minimum atomic E-state index is -0.512. The number of esters is 1. The Labute approximate surface area is 99.9 Å². The first-order valence-electron chi connectivity index (χ1n) is 4.87. The van der Waals surface area contributed by atoms with E-state index in [9.17, 15) is 4.79 Å². The lowest BCUT2D eigenvalue weighted by molar-refractivity contribution is -0.147. The van der Waals surface area contributed by atoms with Crippen molar-refractivity contribution in [2.24, 2.45) is 0 Å². The van der Waals surface area contributed by atoms with Crippen LogP contribution in [0.1, 0.15) is 25.6 Å². The smallest absolute Gasteiger partial charge is 0.340 e. The third kappa shape index (κ3) is 3.56. The molecule has 0 fully saturated rings. The maximum atomic E-state index is 11.9. The molecule has 16 heavy (non-hydrogen) atoms. The van der Waals surface area contributed by atoms with Crippen molar-refractivity contribution < 1.29 is 9.53 Å². The summed E-state index contributed by atoms with van der Waals surface area (Å²) in [5, 5.41) is 1.89. The van der Waals surface area contributed by atoms with Gasteiger partial charge in [0.05, 0.1) is 5.57 Å². The van der Waals surface area contributed by atoms with Crippen LogP contribution in [0.25, 0.3) is 5.57 Å². The molecular weight excluding hydrogens is 220 g/mol. The van der Waals surface area contributed by atoms with Gasteiger partial charge in [-0.3, -0.25) is 0 Å². The van der Waals surface area contributed by atoms with Crippen molar-refractivity contribution in [1.82, 2.24) is 0 Å². The van der Waals surface area contributed by atoms with Crippen molar-refractivity contribution in [3.63, 3.8) is 0 Å². The molecule has 0 aliphatic rings. The summed E-state index contributed by atoms with van der Waals surface area (Å²) in [6.07, 6.45) is 6.65. The molecule has 0 N–H and O–H groups in total. The predicted octanol–water partition coefficient (Wildman–Crippen LogP) is 3.11. The minimum Gasteiger partial charge on any atom is -0.456 e. The van der Waals surface area contributed by atoms with Crippen molar-refractivity contribution in [3.05, 3.63) is 28.5 Å². The number of allylic oxidation sites excluding steroid dienone is 1. The minimum absolute atomic E-state index is 0.382. The summed E-state index contributed by atoms with van der Waals surface area (Å²) in [6, 6.07) is 3.71. The molecule has 1 heterocycles. The third-order valence-electron chi connectivity index (χ3n) is 1.63. The quantitative estimate of drug-likeness (QED) is 0.446. The van der Waals surface area contributed by atoms with E-state index in [1.807, 2.05) is 38.3 Å². The molecule has 0 aliphatic heterocycles. The lowest BCUT2D eigenvalue weighted by Crippen LogP contribution is -2.24. The SMILES string of the molecule is C#CC=C(C(=O)OC(C)(C)C)c1cccs1. The fourth-order valence-electron chi connectivity index (χ4n) is 1.08. The number of hydrogen-bond acceptors (Lipinski definition) is 3. The number of thiophene rings is 1. The average Bonchev–Trinajstić information content (AvgIpc) is 2.63. The summed E-state index contributed by atoms with van der Waals surface area (Å²) in [5.74, 6) is 1.98. The first-order chi connectivity index (χ1) is 7.44. The molecule has 0 saturated heterocycles. The van der Waals surface area contributed by atoms with E-state index in [0.717, 1.165) is 4.88 Å². The van der Waals surface area contributed by atoms with Crippen LogP contribution in [0.3, 0.4) is 0 Å². The Morgan fingerprint density at radius 2 is 2.25 bits per heavy atom. The van der Waals surface area contributed by atoms with Gasteiger partial charge >= 0.3 is 5.97 Å².